The van der Waals surface area contributed by atoms with Crippen molar-refractivity contribution in [3.05, 3.63) is 65.7 Å². The van der Waals surface area contributed by atoms with Crippen LogP contribution in [0.3, 0.4) is 0 Å². The molecule has 1 aromatic heterocycles. The van der Waals surface area contributed by atoms with E-state index in [9.17, 15) is 0 Å². The lowest BCUT2D eigenvalue weighted by atomic mass is 10.00. The van der Waals surface area contributed by atoms with Crippen LogP contribution in [0.15, 0.2) is 48.7 Å². The summed E-state index contributed by atoms with van der Waals surface area (Å²) >= 11 is 0. The Bertz CT molecular complexity index is 692. The molecule has 102 valence electrons. The van der Waals surface area contributed by atoms with Gasteiger partial charge in [-0.3, -0.25) is 0 Å². The molecule has 3 aromatic rings. The van der Waals surface area contributed by atoms with Gasteiger partial charge >= 0.3 is 0 Å². The van der Waals surface area contributed by atoms with Crippen LogP contribution in [-0.2, 0) is 12.8 Å². The van der Waals surface area contributed by atoms with Gasteiger partial charge in [-0.15, -0.1) is 0 Å². The number of aromatic nitrogens is 2. The quantitative estimate of drug-likeness (QED) is 0.678. The van der Waals surface area contributed by atoms with Gasteiger partial charge in [0.05, 0.1) is 0 Å². The molecule has 0 fully saturated rings. The van der Waals surface area contributed by atoms with Crippen molar-refractivity contribution in [1.82, 2.24) is 9.97 Å². The number of H-pyrrole nitrogens is 1. The Balaban J connectivity index is 1.60. The molecule has 2 heteroatoms. The van der Waals surface area contributed by atoms with Crippen LogP contribution < -0.4 is 0 Å². The van der Waals surface area contributed by atoms with E-state index in [4.69, 9.17) is 0 Å². The molecule has 0 saturated heterocycles. The summed E-state index contributed by atoms with van der Waals surface area (Å²) in [5.41, 5.74) is 2.60. The third kappa shape index (κ3) is 2.90. The number of nitrogens with one attached hydrogen (secondary N) is 1. The molecule has 0 aliphatic rings. The van der Waals surface area contributed by atoms with Gasteiger partial charge in [0, 0.05) is 18.3 Å². The van der Waals surface area contributed by atoms with Crippen molar-refractivity contribution in [2.24, 2.45) is 0 Å². The molecule has 0 bridgehead atoms. The summed E-state index contributed by atoms with van der Waals surface area (Å²) in [4.78, 5) is 7.65. The molecule has 2 nitrogen and oxygen atoms in total. The van der Waals surface area contributed by atoms with E-state index in [1.165, 1.54) is 29.2 Å². The maximum Gasteiger partial charge on any atom is 0.106 e. The average Bonchev–Trinajstić information content (AvgIpc) is 2.89. The van der Waals surface area contributed by atoms with Crippen LogP contribution in [0.25, 0.3) is 10.8 Å². The number of benzene rings is 2. The van der Waals surface area contributed by atoms with Crippen LogP contribution in [0.2, 0.25) is 0 Å². The number of aryl methyl sites for hydroxylation is 3. The topological polar surface area (TPSA) is 28.7 Å². The second kappa shape index (κ2) is 5.91. The third-order valence-corrected chi connectivity index (χ3v) is 3.75. The van der Waals surface area contributed by atoms with Crippen LogP contribution >= 0.6 is 0 Å². The maximum absolute atomic E-state index is 4.35. The molecule has 2 aromatic carbocycles. The molecule has 0 saturated carbocycles. The van der Waals surface area contributed by atoms with Crippen LogP contribution in [0.1, 0.15) is 29.9 Å². The molecule has 0 amide bonds. The molecule has 0 unspecified atom stereocenters. The summed E-state index contributed by atoms with van der Waals surface area (Å²) in [6.07, 6.45) is 6.46. The lowest BCUT2D eigenvalue weighted by Gasteiger charge is -2.06. The van der Waals surface area contributed by atoms with Gasteiger partial charge in [0.1, 0.15) is 5.82 Å². The first-order chi connectivity index (χ1) is 9.83. The van der Waals surface area contributed by atoms with Gasteiger partial charge < -0.3 is 4.98 Å². The minimum absolute atomic E-state index is 1.04. The smallest absolute Gasteiger partial charge is 0.106 e. The van der Waals surface area contributed by atoms with Crippen molar-refractivity contribution < 1.29 is 0 Å². The average molecular weight is 264 g/mol. The lowest BCUT2D eigenvalue weighted by Crippen LogP contribution is -1.92. The number of nitrogens with zero attached hydrogens (tertiary/aromatic N) is 1. The van der Waals surface area contributed by atoms with Gasteiger partial charge in [0.15, 0.2) is 0 Å². The van der Waals surface area contributed by atoms with E-state index in [-0.39, 0.29) is 0 Å². The molecular weight excluding hydrogens is 244 g/mol. The number of hydrogen-bond acceptors (Lipinski definition) is 1. The fourth-order valence-corrected chi connectivity index (χ4v) is 2.71. The Hall–Kier alpha value is -2.09. The second-order valence-electron chi connectivity index (χ2n) is 5.36. The van der Waals surface area contributed by atoms with E-state index >= 15 is 0 Å². The number of rotatable bonds is 5. The highest BCUT2D eigenvalue weighted by Gasteiger charge is 2.01. The zero-order chi connectivity index (χ0) is 13.8. The monoisotopic (exact) mass is 264 g/mol. The van der Waals surface area contributed by atoms with E-state index in [0.717, 1.165) is 24.4 Å². The minimum atomic E-state index is 1.04. The number of aromatic amines is 1. The second-order valence-corrected chi connectivity index (χ2v) is 5.36. The first-order valence-corrected chi connectivity index (χ1v) is 7.30. The molecule has 1 heterocycles. The van der Waals surface area contributed by atoms with Gasteiger partial charge in [0.2, 0.25) is 0 Å². The van der Waals surface area contributed by atoms with Gasteiger partial charge in [-0.1, -0.05) is 42.5 Å². The molecule has 0 spiro atoms. The Kier molecular flexibility index (Phi) is 3.82. The van der Waals surface area contributed by atoms with Gasteiger partial charge in [-0.2, -0.15) is 0 Å². The van der Waals surface area contributed by atoms with Crippen molar-refractivity contribution in [3.63, 3.8) is 0 Å². The molecule has 0 aliphatic heterocycles. The summed E-state index contributed by atoms with van der Waals surface area (Å²) in [6.45, 7) is 2.05. The highest BCUT2D eigenvalue weighted by atomic mass is 14.9. The molecule has 0 radical (unpaired) electrons. The number of unbranched alkanes of at least 4 members (excludes halogenated alkanes) is 1. The lowest BCUT2D eigenvalue weighted by molar-refractivity contribution is 0.714. The number of imidazole rings is 1. The van der Waals surface area contributed by atoms with E-state index in [0.29, 0.717) is 0 Å². The Labute approximate surface area is 119 Å². The van der Waals surface area contributed by atoms with E-state index in [1.807, 2.05) is 13.1 Å². The van der Waals surface area contributed by atoms with Crippen LogP contribution in [0.4, 0.5) is 0 Å². The van der Waals surface area contributed by atoms with Crippen LogP contribution in [-0.4, -0.2) is 9.97 Å². The fraction of sp³-hybridized carbons (Fsp3) is 0.278. The molecule has 1 N–H and O–H groups in total. The third-order valence-electron chi connectivity index (χ3n) is 3.75. The molecule has 20 heavy (non-hydrogen) atoms. The molecule has 3 rings (SSSR count). The first kappa shape index (κ1) is 12.9. The zero-order valence-electron chi connectivity index (χ0n) is 11.9. The Morgan fingerprint density at radius 3 is 2.60 bits per heavy atom. The summed E-state index contributed by atoms with van der Waals surface area (Å²) in [5, 5.41) is 2.73. The SMILES string of the molecule is Cc1cnc(CCCCc2cccc3ccccc23)[nH]1. The summed E-state index contributed by atoms with van der Waals surface area (Å²) in [6, 6.07) is 15.2. The number of fused-ring (bicyclic) bond motifs is 1. The highest BCUT2D eigenvalue weighted by Crippen LogP contribution is 2.20. The summed E-state index contributed by atoms with van der Waals surface area (Å²) < 4.78 is 0. The van der Waals surface area contributed by atoms with Crippen LogP contribution in [0.5, 0.6) is 0 Å². The van der Waals surface area contributed by atoms with Crippen molar-refractivity contribution in [1.29, 1.82) is 0 Å². The van der Waals surface area contributed by atoms with E-state index in [1.54, 1.807) is 0 Å². The van der Waals surface area contributed by atoms with Gasteiger partial charge in [0.25, 0.3) is 0 Å². The normalized spacial score (nSPS) is 11.1. The number of hydrogen-bond donors (Lipinski definition) is 1. The maximum atomic E-state index is 4.35. The molecule has 0 atom stereocenters. The fourth-order valence-electron chi connectivity index (χ4n) is 2.71. The van der Waals surface area contributed by atoms with Crippen molar-refractivity contribution >= 4 is 10.8 Å². The zero-order valence-corrected chi connectivity index (χ0v) is 11.9. The largest absolute Gasteiger partial charge is 0.346 e. The summed E-state index contributed by atoms with van der Waals surface area (Å²) in [7, 11) is 0. The predicted octanol–water partition coefficient (Wildman–Crippen LogP) is 4.44. The van der Waals surface area contributed by atoms with Gasteiger partial charge in [-0.05, 0) is 42.5 Å². The van der Waals surface area contributed by atoms with Crippen molar-refractivity contribution in [2.45, 2.75) is 32.6 Å². The summed E-state index contributed by atoms with van der Waals surface area (Å²) in [5.74, 6) is 1.11. The molecular formula is C18H20N2. The van der Waals surface area contributed by atoms with E-state index < -0.39 is 0 Å². The Morgan fingerprint density at radius 2 is 1.75 bits per heavy atom. The first-order valence-electron chi connectivity index (χ1n) is 7.30. The van der Waals surface area contributed by atoms with Gasteiger partial charge in [-0.25, -0.2) is 4.98 Å². The van der Waals surface area contributed by atoms with Crippen molar-refractivity contribution in [3.8, 4) is 0 Å². The predicted molar refractivity (Wildman–Crippen MR) is 83.9 cm³/mol. The molecule has 0 aliphatic carbocycles. The van der Waals surface area contributed by atoms with Crippen molar-refractivity contribution in [2.75, 3.05) is 0 Å². The Morgan fingerprint density at radius 1 is 0.950 bits per heavy atom. The standard InChI is InChI=1S/C18H20N2/c1-14-13-19-18(20-14)12-5-3-8-16-10-6-9-15-7-2-4-11-17(15)16/h2,4,6-7,9-11,13H,3,5,8,12H2,1H3,(H,19,20). The van der Waals surface area contributed by atoms with Crippen LogP contribution in [0, 0.1) is 6.92 Å². The minimum Gasteiger partial charge on any atom is -0.346 e. The highest BCUT2D eigenvalue weighted by molar-refractivity contribution is 5.85. The van der Waals surface area contributed by atoms with E-state index in [2.05, 4.69) is 52.4 Å².